The Bertz CT molecular complexity index is 222. The Morgan fingerprint density at radius 1 is 1.56 bits per heavy atom. The highest BCUT2D eigenvalue weighted by Gasteiger charge is 2.18. The number of unbranched alkanes of at least 4 members (excludes halogenated alkanes) is 1. The summed E-state index contributed by atoms with van der Waals surface area (Å²) < 4.78 is 5.15. The van der Waals surface area contributed by atoms with E-state index in [1.54, 1.807) is 0 Å². The van der Waals surface area contributed by atoms with E-state index in [2.05, 4.69) is 11.9 Å². The molecule has 1 atom stereocenters. The van der Waals surface area contributed by atoms with Gasteiger partial charge < -0.3 is 15.8 Å². The summed E-state index contributed by atoms with van der Waals surface area (Å²) in [7, 11) is 0. The molecule has 4 nitrogen and oxygen atoms in total. The fraction of sp³-hybridized carbons (Fsp3) is 0.750. The highest BCUT2D eigenvalue weighted by molar-refractivity contribution is 5.68. The topological polar surface area (TPSA) is 64.3 Å². The molecule has 0 aromatic carbocycles. The molecule has 94 valence electrons. The molecule has 0 aliphatic rings. The predicted molar refractivity (Wildman–Crippen MR) is 66.3 cm³/mol. The van der Waals surface area contributed by atoms with Gasteiger partial charge >= 0.3 is 6.09 Å². The second-order valence-corrected chi connectivity index (χ2v) is 4.80. The van der Waals surface area contributed by atoms with Crippen LogP contribution in [0.4, 0.5) is 4.79 Å². The molecule has 0 spiro atoms. The zero-order chi connectivity index (χ0) is 12.6. The summed E-state index contributed by atoms with van der Waals surface area (Å²) >= 11 is 0. The van der Waals surface area contributed by atoms with E-state index in [-0.39, 0.29) is 6.04 Å². The predicted octanol–water partition coefficient (Wildman–Crippen LogP) is 2.19. The number of rotatable bonds is 6. The Balaban J connectivity index is 3.92. The summed E-state index contributed by atoms with van der Waals surface area (Å²) in [4.78, 5) is 11.5. The molecule has 4 heteroatoms. The van der Waals surface area contributed by atoms with Crippen molar-refractivity contribution in [2.24, 2.45) is 5.73 Å². The molecule has 0 saturated heterocycles. The zero-order valence-electron chi connectivity index (χ0n) is 10.6. The number of nitrogens with two attached hydrogens (primary N) is 1. The molecule has 0 aromatic heterocycles. The standard InChI is InChI=1S/C12H24N2O2/c1-5-6-7-8-10(9-13)14-11(15)16-12(2,3)4/h5,10H,1,6-9,13H2,2-4H3,(H,14,15). The van der Waals surface area contributed by atoms with Gasteiger partial charge in [0.1, 0.15) is 5.60 Å². The van der Waals surface area contributed by atoms with Gasteiger partial charge in [-0.05, 0) is 40.0 Å². The maximum absolute atomic E-state index is 11.5. The third-order valence-electron chi connectivity index (χ3n) is 1.97. The van der Waals surface area contributed by atoms with Crippen molar-refractivity contribution < 1.29 is 9.53 Å². The molecule has 0 radical (unpaired) electrons. The van der Waals surface area contributed by atoms with Gasteiger partial charge in [0.2, 0.25) is 0 Å². The Kier molecular flexibility index (Phi) is 6.81. The number of ether oxygens (including phenoxy) is 1. The quantitative estimate of drug-likeness (QED) is 0.541. The van der Waals surface area contributed by atoms with Gasteiger partial charge in [-0.15, -0.1) is 6.58 Å². The van der Waals surface area contributed by atoms with Gasteiger partial charge in [-0.1, -0.05) is 6.08 Å². The monoisotopic (exact) mass is 228 g/mol. The number of hydrogen-bond acceptors (Lipinski definition) is 3. The molecule has 0 aliphatic heterocycles. The molecular formula is C12H24N2O2. The van der Waals surface area contributed by atoms with Gasteiger partial charge in [0.25, 0.3) is 0 Å². The van der Waals surface area contributed by atoms with E-state index in [1.165, 1.54) is 0 Å². The van der Waals surface area contributed by atoms with E-state index in [1.807, 2.05) is 26.8 Å². The fourth-order valence-electron chi connectivity index (χ4n) is 1.23. The summed E-state index contributed by atoms with van der Waals surface area (Å²) in [6.07, 6.45) is 4.22. The number of allylic oxidation sites excluding steroid dienone is 1. The molecule has 0 aliphatic carbocycles. The molecule has 0 heterocycles. The maximum Gasteiger partial charge on any atom is 0.407 e. The first kappa shape index (κ1) is 15.0. The molecule has 0 saturated carbocycles. The molecule has 3 N–H and O–H groups in total. The number of nitrogens with one attached hydrogen (secondary N) is 1. The molecule has 0 fully saturated rings. The summed E-state index contributed by atoms with van der Waals surface area (Å²) in [5.74, 6) is 0. The minimum absolute atomic E-state index is 0.0187. The van der Waals surface area contributed by atoms with Gasteiger partial charge in [0.15, 0.2) is 0 Å². The second-order valence-electron chi connectivity index (χ2n) is 4.80. The van der Waals surface area contributed by atoms with Crippen LogP contribution in [-0.2, 0) is 4.74 Å². The first-order valence-electron chi connectivity index (χ1n) is 5.69. The lowest BCUT2D eigenvalue weighted by atomic mass is 10.1. The molecule has 0 aromatic rings. The second kappa shape index (κ2) is 7.28. The first-order valence-corrected chi connectivity index (χ1v) is 5.69. The van der Waals surface area contributed by atoms with Crippen LogP contribution in [0.15, 0.2) is 12.7 Å². The molecule has 0 bridgehead atoms. The highest BCUT2D eigenvalue weighted by Crippen LogP contribution is 2.07. The number of carbonyl (C=O) groups is 1. The van der Waals surface area contributed by atoms with E-state index in [4.69, 9.17) is 10.5 Å². The van der Waals surface area contributed by atoms with Gasteiger partial charge in [-0.25, -0.2) is 4.79 Å². The third-order valence-corrected chi connectivity index (χ3v) is 1.97. The number of hydrogen-bond donors (Lipinski definition) is 2. The number of alkyl carbamates (subject to hydrolysis) is 1. The number of amides is 1. The Hall–Kier alpha value is -1.03. The van der Waals surface area contributed by atoms with Crippen molar-refractivity contribution >= 4 is 6.09 Å². The van der Waals surface area contributed by atoms with Crippen LogP contribution in [0.5, 0.6) is 0 Å². The van der Waals surface area contributed by atoms with Crippen molar-refractivity contribution in [3.63, 3.8) is 0 Å². The van der Waals surface area contributed by atoms with Crippen LogP contribution in [0.3, 0.4) is 0 Å². The Morgan fingerprint density at radius 3 is 2.62 bits per heavy atom. The Labute approximate surface area is 98.2 Å². The van der Waals surface area contributed by atoms with Crippen molar-refractivity contribution in [3.05, 3.63) is 12.7 Å². The van der Waals surface area contributed by atoms with E-state index < -0.39 is 11.7 Å². The van der Waals surface area contributed by atoms with Crippen LogP contribution in [-0.4, -0.2) is 24.3 Å². The SMILES string of the molecule is C=CCCCC(CN)NC(=O)OC(C)(C)C. The van der Waals surface area contributed by atoms with E-state index >= 15 is 0 Å². The van der Waals surface area contributed by atoms with Crippen LogP contribution in [0.2, 0.25) is 0 Å². The van der Waals surface area contributed by atoms with Crippen LogP contribution in [0.1, 0.15) is 40.0 Å². The van der Waals surface area contributed by atoms with Crippen LogP contribution in [0, 0.1) is 0 Å². The molecule has 0 rings (SSSR count). The smallest absolute Gasteiger partial charge is 0.407 e. The van der Waals surface area contributed by atoms with Gasteiger partial charge in [0, 0.05) is 12.6 Å². The molecule has 1 amide bonds. The lowest BCUT2D eigenvalue weighted by Crippen LogP contribution is -2.42. The maximum atomic E-state index is 11.5. The summed E-state index contributed by atoms with van der Waals surface area (Å²) in [5, 5.41) is 2.76. The summed E-state index contributed by atoms with van der Waals surface area (Å²) in [5.41, 5.74) is 5.10. The molecule has 16 heavy (non-hydrogen) atoms. The fourth-order valence-corrected chi connectivity index (χ4v) is 1.23. The minimum atomic E-state index is -0.468. The largest absolute Gasteiger partial charge is 0.444 e. The highest BCUT2D eigenvalue weighted by atomic mass is 16.6. The van der Waals surface area contributed by atoms with E-state index in [0.717, 1.165) is 19.3 Å². The van der Waals surface area contributed by atoms with Gasteiger partial charge in [-0.2, -0.15) is 0 Å². The van der Waals surface area contributed by atoms with Crippen molar-refractivity contribution in [2.45, 2.75) is 51.7 Å². The van der Waals surface area contributed by atoms with Gasteiger partial charge in [0.05, 0.1) is 0 Å². The summed E-state index contributed by atoms with van der Waals surface area (Å²) in [6, 6.07) is -0.0187. The van der Waals surface area contributed by atoms with Gasteiger partial charge in [-0.3, -0.25) is 0 Å². The van der Waals surface area contributed by atoms with E-state index in [0.29, 0.717) is 6.54 Å². The molecular weight excluding hydrogens is 204 g/mol. The van der Waals surface area contributed by atoms with Crippen LogP contribution >= 0.6 is 0 Å². The lowest BCUT2D eigenvalue weighted by molar-refractivity contribution is 0.0503. The molecule has 1 unspecified atom stereocenters. The first-order chi connectivity index (χ1) is 7.39. The van der Waals surface area contributed by atoms with Crippen molar-refractivity contribution in [1.82, 2.24) is 5.32 Å². The third kappa shape index (κ3) is 8.29. The van der Waals surface area contributed by atoms with E-state index in [9.17, 15) is 4.79 Å². The summed E-state index contributed by atoms with van der Waals surface area (Å²) in [6.45, 7) is 9.58. The Morgan fingerprint density at radius 2 is 2.19 bits per heavy atom. The van der Waals surface area contributed by atoms with Crippen molar-refractivity contribution in [2.75, 3.05) is 6.54 Å². The average Bonchev–Trinajstić information content (AvgIpc) is 2.13. The van der Waals surface area contributed by atoms with Crippen molar-refractivity contribution in [1.29, 1.82) is 0 Å². The van der Waals surface area contributed by atoms with Crippen LogP contribution in [0.25, 0.3) is 0 Å². The van der Waals surface area contributed by atoms with Crippen LogP contribution < -0.4 is 11.1 Å². The normalized spacial score (nSPS) is 13.0. The lowest BCUT2D eigenvalue weighted by Gasteiger charge is -2.22. The van der Waals surface area contributed by atoms with Crippen molar-refractivity contribution in [3.8, 4) is 0 Å². The minimum Gasteiger partial charge on any atom is -0.444 e. The number of carbonyl (C=O) groups excluding carboxylic acids is 1. The average molecular weight is 228 g/mol. The zero-order valence-corrected chi connectivity index (χ0v) is 10.6.